The number of nitrogens with one attached hydrogen (secondary N) is 2. The lowest BCUT2D eigenvalue weighted by molar-refractivity contribution is -0.0173. The number of aromatic amines is 1. The Morgan fingerprint density at radius 2 is 2.52 bits per heavy atom. The predicted octanol–water partition coefficient (Wildman–Crippen LogP) is 1.76. The van der Waals surface area contributed by atoms with Crippen LogP contribution in [-0.2, 0) is 9.47 Å². The van der Waals surface area contributed by atoms with Gasteiger partial charge in [0, 0.05) is 6.61 Å². The summed E-state index contributed by atoms with van der Waals surface area (Å²) < 4.78 is 11.6. The molecule has 7 nitrogen and oxygen atoms in total. The van der Waals surface area contributed by atoms with E-state index in [4.69, 9.17) is 20.6 Å². The van der Waals surface area contributed by atoms with E-state index in [-0.39, 0.29) is 18.0 Å². The van der Waals surface area contributed by atoms with Crippen LogP contribution in [0.25, 0.3) is 0 Å². The van der Waals surface area contributed by atoms with E-state index >= 15 is 0 Å². The van der Waals surface area contributed by atoms with Gasteiger partial charge in [0.25, 0.3) is 0 Å². The molecular weight excluding hydrogens is 270 g/mol. The van der Waals surface area contributed by atoms with Gasteiger partial charge in [-0.1, -0.05) is 13.3 Å². The SMILES string of the molecule is CCCCOC[C@@H]1CC[C@H](c2cnc(/C(N)=N\C=N)[nH]2)O1. The highest BCUT2D eigenvalue weighted by Gasteiger charge is 2.28. The quantitative estimate of drug-likeness (QED) is 0.385. The maximum absolute atomic E-state index is 6.90. The van der Waals surface area contributed by atoms with Gasteiger partial charge in [-0.3, -0.25) is 5.41 Å². The minimum absolute atomic E-state index is 0.00111. The van der Waals surface area contributed by atoms with Gasteiger partial charge in [-0.05, 0) is 19.3 Å². The minimum atomic E-state index is -0.00111. The van der Waals surface area contributed by atoms with Crippen LogP contribution < -0.4 is 5.73 Å². The van der Waals surface area contributed by atoms with Crippen LogP contribution in [0.1, 0.15) is 50.2 Å². The van der Waals surface area contributed by atoms with E-state index in [0.29, 0.717) is 12.4 Å². The molecule has 0 radical (unpaired) electrons. The highest BCUT2D eigenvalue weighted by atomic mass is 16.5. The predicted molar refractivity (Wildman–Crippen MR) is 80.7 cm³/mol. The Labute approximate surface area is 124 Å². The summed E-state index contributed by atoms with van der Waals surface area (Å²) >= 11 is 0. The highest BCUT2D eigenvalue weighted by molar-refractivity contribution is 5.98. The van der Waals surface area contributed by atoms with Crippen LogP contribution in [0.3, 0.4) is 0 Å². The second-order valence-electron chi connectivity index (χ2n) is 5.08. The normalized spacial score (nSPS) is 22.6. The third-order valence-corrected chi connectivity index (χ3v) is 3.44. The molecule has 1 fully saturated rings. The maximum atomic E-state index is 6.90. The Bertz CT molecular complexity index is 485. The lowest BCUT2D eigenvalue weighted by Crippen LogP contribution is -2.16. The topological polar surface area (TPSA) is 109 Å². The van der Waals surface area contributed by atoms with E-state index in [2.05, 4.69) is 21.9 Å². The summed E-state index contributed by atoms with van der Waals surface area (Å²) in [4.78, 5) is 11.0. The van der Waals surface area contributed by atoms with Crippen molar-refractivity contribution < 1.29 is 9.47 Å². The van der Waals surface area contributed by atoms with Crippen molar-refractivity contribution in [3.63, 3.8) is 0 Å². The molecule has 2 rings (SSSR count). The average molecular weight is 293 g/mol. The number of rotatable bonds is 8. The number of nitrogens with zero attached hydrogens (tertiary/aromatic N) is 2. The highest BCUT2D eigenvalue weighted by Crippen LogP contribution is 2.31. The lowest BCUT2D eigenvalue weighted by Gasteiger charge is -2.12. The molecule has 1 aromatic rings. The molecule has 116 valence electrons. The third-order valence-electron chi connectivity index (χ3n) is 3.44. The number of imidazole rings is 1. The van der Waals surface area contributed by atoms with Crippen LogP contribution in [0.4, 0.5) is 0 Å². The molecule has 1 aliphatic heterocycles. The summed E-state index contributed by atoms with van der Waals surface area (Å²) in [5, 5.41) is 6.90. The first-order valence-electron chi connectivity index (χ1n) is 7.35. The molecule has 2 atom stereocenters. The second kappa shape index (κ2) is 7.90. The van der Waals surface area contributed by atoms with E-state index in [1.165, 1.54) is 0 Å². The van der Waals surface area contributed by atoms with Crippen molar-refractivity contribution in [1.29, 1.82) is 5.41 Å². The van der Waals surface area contributed by atoms with Crippen LogP contribution in [0.15, 0.2) is 11.2 Å². The Morgan fingerprint density at radius 3 is 3.29 bits per heavy atom. The number of aromatic nitrogens is 2. The number of hydrogen-bond donors (Lipinski definition) is 3. The summed E-state index contributed by atoms with van der Waals surface area (Å²) in [6.45, 7) is 3.59. The molecule has 2 heterocycles. The molecule has 0 spiro atoms. The number of ether oxygens (including phenoxy) is 2. The number of unbranched alkanes of at least 4 members (excludes halogenated alkanes) is 1. The van der Waals surface area contributed by atoms with Crippen molar-refractivity contribution in [3.05, 3.63) is 17.7 Å². The molecule has 0 bridgehead atoms. The average Bonchev–Trinajstić information content (AvgIpc) is 3.12. The zero-order chi connectivity index (χ0) is 15.1. The van der Waals surface area contributed by atoms with E-state index in [0.717, 1.165) is 44.3 Å². The number of amidine groups is 1. The fourth-order valence-corrected chi connectivity index (χ4v) is 2.28. The van der Waals surface area contributed by atoms with Crippen LogP contribution in [0.2, 0.25) is 0 Å². The second-order valence-corrected chi connectivity index (χ2v) is 5.08. The molecular formula is C14H23N5O2. The van der Waals surface area contributed by atoms with Crippen molar-refractivity contribution >= 4 is 12.2 Å². The molecule has 0 amide bonds. The molecule has 7 heteroatoms. The molecule has 0 aliphatic carbocycles. The van der Waals surface area contributed by atoms with Gasteiger partial charge in [0.05, 0.1) is 30.7 Å². The molecule has 0 saturated carbocycles. The Kier molecular flexibility index (Phi) is 5.89. The van der Waals surface area contributed by atoms with Gasteiger partial charge in [0.15, 0.2) is 11.7 Å². The summed E-state index contributed by atoms with van der Waals surface area (Å²) in [7, 11) is 0. The first kappa shape index (κ1) is 15.7. The van der Waals surface area contributed by atoms with Gasteiger partial charge in [-0.15, -0.1) is 0 Å². The van der Waals surface area contributed by atoms with Gasteiger partial charge in [0.1, 0.15) is 6.34 Å². The molecule has 21 heavy (non-hydrogen) atoms. The Morgan fingerprint density at radius 1 is 1.67 bits per heavy atom. The Hall–Kier alpha value is -1.73. The van der Waals surface area contributed by atoms with E-state index in [9.17, 15) is 0 Å². The lowest BCUT2D eigenvalue weighted by atomic mass is 10.1. The van der Waals surface area contributed by atoms with Crippen LogP contribution in [0.5, 0.6) is 0 Å². The zero-order valence-electron chi connectivity index (χ0n) is 12.3. The molecule has 1 aliphatic rings. The van der Waals surface area contributed by atoms with Gasteiger partial charge in [-0.2, -0.15) is 0 Å². The van der Waals surface area contributed by atoms with Crippen molar-refractivity contribution in [1.82, 2.24) is 9.97 Å². The molecule has 0 unspecified atom stereocenters. The van der Waals surface area contributed by atoms with E-state index in [1.54, 1.807) is 6.20 Å². The summed E-state index contributed by atoms with van der Waals surface area (Å²) in [6.07, 6.45) is 6.90. The number of H-pyrrole nitrogens is 1. The van der Waals surface area contributed by atoms with E-state index < -0.39 is 0 Å². The fraction of sp³-hybridized carbons (Fsp3) is 0.643. The van der Waals surface area contributed by atoms with Gasteiger partial charge < -0.3 is 20.2 Å². The van der Waals surface area contributed by atoms with Crippen molar-refractivity contribution in [2.45, 2.75) is 44.8 Å². The molecule has 0 aromatic carbocycles. The number of aliphatic imine (C=N–C) groups is 1. The molecule has 1 saturated heterocycles. The van der Waals surface area contributed by atoms with Crippen molar-refractivity contribution in [3.8, 4) is 0 Å². The minimum Gasteiger partial charge on any atom is -0.381 e. The summed E-state index contributed by atoms with van der Waals surface area (Å²) in [5.74, 6) is 0.674. The van der Waals surface area contributed by atoms with Gasteiger partial charge >= 0.3 is 0 Å². The maximum Gasteiger partial charge on any atom is 0.173 e. The Balaban J connectivity index is 1.84. The van der Waals surface area contributed by atoms with E-state index in [1.807, 2.05) is 0 Å². The fourth-order valence-electron chi connectivity index (χ4n) is 2.28. The number of hydrogen-bond acceptors (Lipinski definition) is 4. The van der Waals surface area contributed by atoms with Crippen LogP contribution in [0, 0.1) is 5.41 Å². The summed E-state index contributed by atoms with van der Waals surface area (Å²) in [6, 6.07) is 0. The van der Waals surface area contributed by atoms with Gasteiger partial charge in [-0.25, -0.2) is 9.98 Å². The van der Waals surface area contributed by atoms with Crippen LogP contribution in [-0.4, -0.2) is 41.5 Å². The van der Waals surface area contributed by atoms with Gasteiger partial charge in [0.2, 0.25) is 0 Å². The third kappa shape index (κ3) is 4.37. The standard InChI is InChI=1S/C14H23N5O2/c1-2-3-6-20-8-10-4-5-12(21-10)11-7-17-14(19-11)13(16)18-9-15/h7,9-10,12H,2-6,8H2,1H3,(H,17,19)(H3,15,16,18)/t10-,12+/m0/s1. The first-order valence-corrected chi connectivity index (χ1v) is 7.35. The van der Waals surface area contributed by atoms with Crippen molar-refractivity contribution in [2.75, 3.05) is 13.2 Å². The zero-order valence-corrected chi connectivity index (χ0v) is 12.3. The smallest absolute Gasteiger partial charge is 0.173 e. The monoisotopic (exact) mass is 293 g/mol. The largest absolute Gasteiger partial charge is 0.381 e. The first-order chi connectivity index (χ1) is 10.2. The summed E-state index contributed by atoms with van der Waals surface area (Å²) in [5.41, 5.74) is 6.58. The van der Waals surface area contributed by atoms with Crippen LogP contribution >= 0.6 is 0 Å². The number of nitrogens with two attached hydrogens (primary N) is 1. The molecule has 4 N–H and O–H groups in total. The van der Waals surface area contributed by atoms with Crippen molar-refractivity contribution in [2.24, 2.45) is 10.7 Å². The molecule has 1 aromatic heterocycles.